The second kappa shape index (κ2) is 6.40. The minimum absolute atomic E-state index is 0.171. The molecule has 0 aliphatic carbocycles. The topological polar surface area (TPSA) is 68.6 Å². The van der Waals surface area contributed by atoms with Crippen LogP contribution in [0.4, 0.5) is 0 Å². The molecule has 2 heterocycles. The van der Waals surface area contributed by atoms with Crippen LogP contribution in [-0.4, -0.2) is 28.8 Å². The lowest BCUT2D eigenvalue weighted by molar-refractivity contribution is 0.394. The van der Waals surface area contributed by atoms with E-state index in [2.05, 4.69) is 10.1 Å². The van der Waals surface area contributed by atoms with Crippen molar-refractivity contribution in [3.63, 3.8) is 0 Å². The molecule has 0 saturated heterocycles. The van der Waals surface area contributed by atoms with Crippen LogP contribution in [0.3, 0.4) is 0 Å². The number of H-pyrrole nitrogens is 1. The Bertz CT molecular complexity index is 1110. The Morgan fingerprint density at radius 2 is 1.58 bits per heavy atom. The second-order valence-corrected chi connectivity index (χ2v) is 5.81. The van der Waals surface area contributed by atoms with Crippen molar-refractivity contribution in [3.8, 4) is 34.0 Å². The highest BCUT2D eigenvalue weighted by Gasteiger charge is 2.11. The Morgan fingerprint density at radius 1 is 0.885 bits per heavy atom. The van der Waals surface area contributed by atoms with Gasteiger partial charge in [-0.1, -0.05) is 30.3 Å². The predicted octanol–water partition coefficient (Wildman–Crippen LogP) is 3.37. The number of aromatic amines is 1. The van der Waals surface area contributed by atoms with Crippen molar-refractivity contribution >= 4 is 5.65 Å². The number of rotatable bonds is 4. The summed E-state index contributed by atoms with van der Waals surface area (Å²) in [5.74, 6) is 1.34. The summed E-state index contributed by atoms with van der Waals surface area (Å²) in [6, 6.07) is 18.5. The van der Waals surface area contributed by atoms with E-state index in [1.165, 1.54) is 10.6 Å². The van der Waals surface area contributed by atoms with E-state index >= 15 is 0 Å². The van der Waals surface area contributed by atoms with Crippen LogP contribution in [0.1, 0.15) is 0 Å². The smallest absolute Gasteiger partial charge is 0.273 e. The molecule has 0 saturated carbocycles. The maximum absolute atomic E-state index is 12.5. The van der Waals surface area contributed by atoms with Crippen molar-refractivity contribution in [1.82, 2.24) is 14.6 Å². The zero-order chi connectivity index (χ0) is 18.1. The van der Waals surface area contributed by atoms with E-state index in [9.17, 15) is 4.79 Å². The maximum atomic E-state index is 12.5. The number of aromatic nitrogens is 3. The number of hydrogen-bond acceptors (Lipinski definition) is 4. The zero-order valence-electron chi connectivity index (χ0n) is 14.4. The summed E-state index contributed by atoms with van der Waals surface area (Å²) < 4.78 is 12.1. The first kappa shape index (κ1) is 16.0. The van der Waals surface area contributed by atoms with Gasteiger partial charge >= 0.3 is 0 Å². The lowest BCUT2D eigenvalue weighted by Gasteiger charge is -2.06. The van der Waals surface area contributed by atoms with Crippen LogP contribution in [0, 0.1) is 0 Å². The van der Waals surface area contributed by atoms with Gasteiger partial charge in [-0.25, -0.2) is 9.50 Å². The normalized spacial score (nSPS) is 10.8. The van der Waals surface area contributed by atoms with Crippen molar-refractivity contribution in [2.75, 3.05) is 14.2 Å². The molecule has 0 atom stereocenters. The molecule has 26 heavy (non-hydrogen) atoms. The second-order valence-electron chi connectivity index (χ2n) is 5.81. The molecule has 0 unspecified atom stereocenters. The van der Waals surface area contributed by atoms with Gasteiger partial charge < -0.3 is 9.47 Å². The van der Waals surface area contributed by atoms with Crippen LogP contribution in [0.5, 0.6) is 11.5 Å². The molecular weight excluding hydrogens is 330 g/mol. The molecule has 4 aromatic rings. The maximum Gasteiger partial charge on any atom is 0.273 e. The van der Waals surface area contributed by atoms with Crippen molar-refractivity contribution in [1.29, 1.82) is 0 Å². The minimum Gasteiger partial charge on any atom is -0.497 e. The zero-order valence-corrected chi connectivity index (χ0v) is 14.4. The number of benzene rings is 2. The summed E-state index contributed by atoms with van der Waals surface area (Å²) >= 11 is 0. The van der Waals surface area contributed by atoms with Crippen LogP contribution in [0.2, 0.25) is 0 Å². The van der Waals surface area contributed by atoms with Gasteiger partial charge in [0, 0.05) is 29.3 Å². The molecule has 0 aliphatic rings. The number of nitrogens with zero attached hydrogens (tertiary/aromatic N) is 2. The fraction of sp³-hybridized carbons (Fsp3) is 0.100. The van der Waals surface area contributed by atoms with Crippen LogP contribution in [0.15, 0.2) is 65.5 Å². The summed E-state index contributed by atoms with van der Waals surface area (Å²) in [7, 11) is 3.20. The molecular formula is C20H17N3O3. The van der Waals surface area contributed by atoms with Crippen LogP contribution in [0.25, 0.3) is 28.2 Å². The molecule has 0 fully saturated rings. The molecule has 0 bridgehead atoms. The number of fused-ring (bicyclic) bond motifs is 1. The molecule has 1 N–H and O–H groups in total. The van der Waals surface area contributed by atoms with E-state index in [4.69, 9.17) is 9.47 Å². The Balaban J connectivity index is 1.86. The van der Waals surface area contributed by atoms with Crippen LogP contribution < -0.4 is 15.0 Å². The number of methoxy groups -OCH3 is 2. The molecule has 6 nitrogen and oxygen atoms in total. The summed E-state index contributed by atoms with van der Waals surface area (Å²) in [6.07, 6.45) is 0. The molecule has 0 aliphatic heterocycles. The Kier molecular flexibility index (Phi) is 3.93. The molecule has 130 valence electrons. The predicted molar refractivity (Wildman–Crippen MR) is 99.8 cm³/mol. The number of nitrogens with one attached hydrogen (secondary N) is 1. The summed E-state index contributed by atoms with van der Waals surface area (Å²) in [6.45, 7) is 0. The van der Waals surface area contributed by atoms with E-state index in [0.29, 0.717) is 22.8 Å². The summed E-state index contributed by atoms with van der Waals surface area (Å²) in [5, 5.41) is 3.09. The minimum atomic E-state index is -0.171. The summed E-state index contributed by atoms with van der Waals surface area (Å²) in [5.41, 5.74) is 3.51. The number of hydrogen-bond donors (Lipinski definition) is 1. The first-order chi connectivity index (χ1) is 12.7. The monoisotopic (exact) mass is 347 g/mol. The Labute approximate surface area is 149 Å². The fourth-order valence-corrected chi connectivity index (χ4v) is 2.86. The number of ether oxygens (including phenoxy) is 2. The van der Waals surface area contributed by atoms with Gasteiger partial charge in [0.25, 0.3) is 5.56 Å². The molecule has 0 amide bonds. The summed E-state index contributed by atoms with van der Waals surface area (Å²) in [4.78, 5) is 17.1. The average molecular weight is 347 g/mol. The van der Waals surface area contributed by atoms with E-state index in [1.807, 2.05) is 48.5 Å². The first-order valence-electron chi connectivity index (χ1n) is 8.09. The molecule has 2 aromatic heterocycles. The fourth-order valence-electron chi connectivity index (χ4n) is 2.86. The highest BCUT2D eigenvalue weighted by atomic mass is 16.5. The van der Waals surface area contributed by atoms with Crippen molar-refractivity contribution in [3.05, 3.63) is 71.0 Å². The Morgan fingerprint density at radius 3 is 2.23 bits per heavy atom. The van der Waals surface area contributed by atoms with E-state index < -0.39 is 0 Å². The lowest BCUT2D eigenvalue weighted by atomic mass is 10.1. The first-order valence-corrected chi connectivity index (χ1v) is 8.09. The quantitative estimate of drug-likeness (QED) is 0.614. The van der Waals surface area contributed by atoms with Crippen LogP contribution in [-0.2, 0) is 0 Å². The third-order valence-corrected chi connectivity index (χ3v) is 4.18. The van der Waals surface area contributed by atoms with Gasteiger partial charge in [0.15, 0.2) is 5.65 Å². The molecule has 0 radical (unpaired) electrons. The highest BCUT2D eigenvalue weighted by molar-refractivity contribution is 5.69. The molecule has 2 aromatic carbocycles. The molecule has 4 rings (SSSR count). The largest absolute Gasteiger partial charge is 0.497 e. The van der Waals surface area contributed by atoms with Gasteiger partial charge in [0.1, 0.15) is 11.5 Å². The molecule has 0 spiro atoms. The van der Waals surface area contributed by atoms with Gasteiger partial charge in [-0.15, -0.1) is 0 Å². The van der Waals surface area contributed by atoms with E-state index in [1.54, 1.807) is 20.3 Å². The van der Waals surface area contributed by atoms with Crippen molar-refractivity contribution in [2.24, 2.45) is 0 Å². The van der Waals surface area contributed by atoms with Crippen molar-refractivity contribution in [2.45, 2.75) is 0 Å². The third-order valence-electron chi connectivity index (χ3n) is 4.18. The van der Waals surface area contributed by atoms with Gasteiger partial charge in [-0.2, -0.15) is 0 Å². The van der Waals surface area contributed by atoms with Gasteiger partial charge in [0.05, 0.1) is 25.6 Å². The average Bonchev–Trinajstić information content (AvgIpc) is 3.13. The highest BCUT2D eigenvalue weighted by Crippen LogP contribution is 2.29. The van der Waals surface area contributed by atoms with Gasteiger partial charge in [0.2, 0.25) is 0 Å². The third kappa shape index (κ3) is 2.82. The van der Waals surface area contributed by atoms with E-state index in [0.717, 1.165) is 16.8 Å². The van der Waals surface area contributed by atoms with Crippen LogP contribution >= 0.6 is 0 Å². The molecule has 6 heteroatoms. The standard InChI is InChI=1S/C20H17N3O3/c1-25-15-8-14(9-16(10-15)26-2)18-11-19-21-17(12-20(24)23(19)22-18)13-6-4-3-5-7-13/h3-12,22H,1-2H3. The van der Waals surface area contributed by atoms with Gasteiger partial charge in [-0.3, -0.25) is 9.89 Å². The van der Waals surface area contributed by atoms with Crippen molar-refractivity contribution < 1.29 is 9.47 Å². The lowest BCUT2D eigenvalue weighted by Crippen LogP contribution is -2.14. The Hall–Kier alpha value is -3.54. The van der Waals surface area contributed by atoms with E-state index in [-0.39, 0.29) is 5.56 Å². The SMILES string of the molecule is COc1cc(OC)cc(-c2cc3nc(-c4ccccc4)cc(=O)n3[nH]2)c1. The van der Waals surface area contributed by atoms with Gasteiger partial charge in [-0.05, 0) is 12.1 Å².